The van der Waals surface area contributed by atoms with E-state index >= 15 is 0 Å². The quantitative estimate of drug-likeness (QED) is 0.374. The van der Waals surface area contributed by atoms with Crippen molar-refractivity contribution in [3.63, 3.8) is 0 Å². The van der Waals surface area contributed by atoms with E-state index in [1.54, 1.807) is 27.4 Å². The molecule has 0 aromatic heterocycles. The molecule has 2 aliphatic rings. The lowest BCUT2D eigenvalue weighted by Gasteiger charge is -2.38. The molecular weight excluding hydrogens is 440 g/mol. The van der Waals surface area contributed by atoms with Crippen LogP contribution in [0.1, 0.15) is 29.5 Å². The van der Waals surface area contributed by atoms with Crippen molar-refractivity contribution in [2.45, 2.75) is 18.4 Å². The number of ether oxygens (including phenoxy) is 3. The first-order valence-corrected chi connectivity index (χ1v) is 9.99. The third-order valence-corrected chi connectivity index (χ3v) is 6.28. The van der Waals surface area contributed by atoms with E-state index in [9.17, 15) is 10.1 Å². The van der Waals surface area contributed by atoms with Crippen molar-refractivity contribution >= 4 is 27.3 Å². The Morgan fingerprint density at radius 2 is 1.90 bits per heavy atom. The van der Waals surface area contributed by atoms with Crippen LogP contribution in [0, 0.1) is 16.0 Å². The molecule has 7 nitrogen and oxygen atoms in total. The Balaban J connectivity index is 1.88. The van der Waals surface area contributed by atoms with Gasteiger partial charge in [-0.2, -0.15) is 0 Å². The minimum atomic E-state index is -0.323. The Hall–Kier alpha value is -2.74. The van der Waals surface area contributed by atoms with E-state index in [2.05, 4.69) is 33.4 Å². The van der Waals surface area contributed by atoms with E-state index in [0.717, 1.165) is 16.5 Å². The van der Waals surface area contributed by atoms with Crippen molar-refractivity contribution in [3.8, 4) is 17.2 Å². The zero-order valence-corrected chi connectivity index (χ0v) is 17.9. The van der Waals surface area contributed by atoms with Crippen molar-refractivity contribution in [1.82, 2.24) is 0 Å². The Kier molecular flexibility index (Phi) is 5.12. The van der Waals surface area contributed by atoms with Crippen molar-refractivity contribution in [2.75, 3.05) is 26.6 Å². The van der Waals surface area contributed by atoms with Crippen LogP contribution >= 0.6 is 15.9 Å². The molecule has 0 saturated carbocycles. The monoisotopic (exact) mass is 460 g/mol. The minimum absolute atomic E-state index is 0.0707. The predicted octanol–water partition coefficient (Wildman–Crippen LogP) is 5.21. The van der Waals surface area contributed by atoms with E-state index in [1.807, 2.05) is 12.1 Å². The van der Waals surface area contributed by atoms with Gasteiger partial charge in [0, 0.05) is 12.0 Å². The zero-order chi connectivity index (χ0) is 20.7. The molecule has 0 fully saturated rings. The van der Waals surface area contributed by atoms with Gasteiger partial charge >= 0.3 is 0 Å². The second kappa shape index (κ2) is 7.59. The first kappa shape index (κ1) is 19.6. The molecule has 2 aromatic rings. The standard InChI is InChI=1S/C21H21BrN2O5/c1-27-16-8-7-15(24(25)26)18-12-5-4-6-13(12)19(23-20(16)18)11-9-14(22)21(29-3)17(10-11)28-2/h4-5,7-10,12-13,19,23H,6H2,1-3H3/t12-,13+,19-/m1/s1. The van der Waals surface area contributed by atoms with Crippen molar-refractivity contribution < 1.29 is 19.1 Å². The van der Waals surface area contributed by atoms with Crippen LogP contribution < -0.4 is 19.5 Å². The lowest BCUT2D eigenvalue weighted by Crippen LogP contribution is -2.30. The number of rotatable bonds is 5. The number of fused-ring (bicyclic) bond motifs is 3. The summed E-state index contributed by atoms with van der Waals surface area (Å²) in [5.74, 6) is 1.91. The number of nitrogens with zero attached hydrogens (tertiary/aromatic N) is 1. The summed E-state index contributed by atoms with van der Waals surface area (Å²) in [5, 5.41) is 15.2. The second-order valence-electron chi connectivity index (χ2n) is 7.05. The van der Waals surface area contributed by atoms with Gasteiger partial charge in [-0.25, -0.2) is 0 Å². The van der Waals surface area contributed by atoms with Crippen molar-refractivity contribution in [2.24, 2.45) is 5.92 Å². The molecule has 1 N–H and O–H groups in total. The number of nitro benzene ring substituents is 1. The van der Waals surface area contributed by atoms with Gasteiger partial charge in [0.05, 0.1) is 48.0 Å². The number of allylic oxidation sites excluding steroid dienone is 2. The van der Waals surface area contributed by atoms with Crippen LogP contribution in [0.5, 0.6) is 17.2 Å². The van der Waals surface area contributed by atoms with Crippen LogP contribution in [0.3, 0.4) is 0 Å². The number of halogens is 1. The van der Waals surface area contributed by atoms with Crippen molar-refractivity contribution in [1.29, 1.82) is 0 Å². The van der Waals surface area contributed by atoms with Crippen molar-refractivity contribution in [3.05, 3.63) is 62.1 Å². The summed E-state index contributed by atoms with van der Waals surface area (Å²) in [5.41, 5.74) is 2.48. The molecule has 0 radical (unpaired) electrons. The molecule has 152 valence electrons. The van der Waals surface area contributed by atoms with Gasteiger partial charge in [0.15, 0.2) is 11.5 Å². The summed E-state index contributed by atoms with van der Waals surface area (Å²) in [7, 11) is 4.77. The van der Waals surface area contributed by atoms with Crippen LogP contribution in [0.25, 0.3) is 0 Å². The summed E-state index contributed by atoms with van der Waals surface area (Å²) in [6.45, 7) is 0. The summed E-state index contributed by atoms with van der Waals surface area (Å²) >= 11 is 3.57. The lowest BCUT2D eigenvalue weighted by molar-refractivity contribution is -0.385. The molecule has 0 saturated heterocycles. The normalized spacial score (nSPS) is 21.7. The molecular formula is C21H21BrN2O5. The first-order valence-electron chi connectivity index (χ1n) is 9.20. The third-order valence-electron chi connectivity index (χ3n) is 5.69. The largest absolute Gasteiger partial charge is 0.495 e. The number of anilines is 1. The van der Waals surface area contributed by atoms with E-state index in [0.29, 0.717) is 28.5 Å². The summed E-state index contributed by atoms with van der Waals surface area (Å²) in [6.07, 6.45) is 4.99. The Bertz CT molecular complexity index is 1010. The number of hydrogen-bond donors (Lipinski definition) is 1. The van der Waals surface area contributed by atoms with Gasteiger partial charge in [0.2, 0.25) is 0 Å². The van der Waals surface area contributed by atoms with Gasteiger partial charge in [0.1, 0.15) is 5.75 Å². The fourth-order valence-electron chi connectivity index (χ4n) is 4.44. The van der Waals surface area contributed by atoms with Gasteiger partial charge in [-0.05, 0) is 52.0 Å². The minimum Gasteiger partial charge on any atom is -0.495 e. The molecule has 0 bridgehead atoms. The zero-order valence-electron chi connectivity index (χ0n) is 16.3. The predicted molar refractivity (Wildman–Crippen MR) is 113 cm³/mol. The fourth-order valence-corrected chi connectivity index (χ4v) is 5.06. The maximum atomic E-state index is 11.7. The number of hydrogen-bond acceptors (Lipinski definition) is 6. The molecule has 1 heterocycles. The maximum absolute atomic E-state index is 11.7. The Morgan fingerprint density at radius 3 is 2.55 bits per heavy atom. The lowest BCUT2D eigenvalue weighted by atomic mass is 9.76. The number of methoxy groups -OCH3 is 3. The molecule has 2 aromatic carbocycles. The molecule has 29 heavy (non-hydrogen) atoms. The van der Waals surface area contributed by atoms with Crippen LogP contribution in [-0.2, 0) is 0 Å². The molecule has 1 aliphatic heterocycles. The topological polar surface area (TPSA) is 82.9 Å². The van der Waals surface area contributed by atoms with Gasteiger partial charge in [0.25, 0.3) is 5.69 Å². The Morgan fingerprint density at radius 1 is 1.14 bits per heavy atom. The molecule has 0 amide bonds. The maximum Gasteiger partial charge on any atom is 0.275 e. The van der Waals surface area contributed by atoms with E-state index in [-0.39, 0.29) is 28.5 Å². The second-order valence-corrected chi connectivity index (χ2v) is 7.90. The average molecular weight is 461 g/mol. The first-order chi connectivity index (χ1) is 14.0. The molecule has 1 aliphatic carbocycles. The molecule has 0 spiro atoms. The third kappa shape index (κ3) is 3.11. The number of benzene rings is 2. The summed E-state index contributed by atoms with van der Waals surface area (Å²) < 4.78 is 17.3. The SMILES string of the molecule is COc1ccc([N+](=O)[O-])c2c1N[C@H](c1cc(Br)c(OC)c(OC)c1)[C@H]1CC=C[C@@H]21. The van der Waals surface area contributed by atoms with Gasteiger partial charge in [-0.15, -0.1) is 0 Å². The van der Waals surface area contributed by atoms with Gasteiger partial charge in [-0.3, -0.25) is 10.1 Å². The van der Waals surface area contributed by atoms with E-state index < -0.39 is 0 Å². The number of nitrogens with one attached hydrogen (secondary N) is 1. The number of nitro groups is 1. The highest BCUT2D eigenvalue weighted by atomic mass is 79.9. The van der Waals surface area contributed by atoms with Crippen LogP contribution in [0.15, 0.2) is 40.9 Å². The highest BCUT2D eigenvalue weighted by molar-refractivity contribution is 9.10. The van der Waals surface area contributed by atoms with Gasteiger partial charge in [-0.1, -0.05) is 12.2 Å². The molecule has 4 rings (SSSR count). The van der Waals surface area contributed by atoms with Crippen LogP contribution in [0.2, 0.25) is 0 Å². The average Bonchev–Trinajstić information content (AvgIpc) is 3.21. The highest BCUT2D eigenvalue weighted by Crippen LogP contribution is 2.55. The van der Waals surface area contributed by atoms with Gasteiger partial charge < -0.3 is 19.5 Å². The smallest absolute Gasteiger partial charge is 0.275 e. The van der Waals surface area contributed by atoms with Crippen LogP contribution in [0.4, 0.5) is 11.4 Å². The van der Waals surface area contributed by atoms with E-state index in [1.165, 1.54) is 6.07 Å². The fraction of sp³-hybridized carbons (Fsp3) is 0.333. The molecule has 0 unspecified atom stereocenters. The summed E-state index contributed by atoms with van der Waals surface area (Å²) in [4.78, 5) is 11.4. The van der Waals surface area contributed by atoms with Crippen LogP contribution in [-0.4, -0.2) is 26.3 Å². The molecule has 3 atom stereocenters. The summed E-state index contributed by atoms with van der Waals surface area (Å²) in [6, 6.07) is 7.05. The van der Waals surface area contributed by atoms with E-state index in [4.69, 9.17) is 14.2 Å². The molecule has 8 heteroatoms. The highest BCUT2D eigenvalue weighted by Gasteiger charge is 2.43. The Labute approximate surface area is 176 Å².